The lowest BCUT2D eigenvalue weighted by atomic mass is 10.3. The highest BCUT2D eigenvalue weighted by atomic mass is 28.4. The van der Waals surface area contributed by atoms with E-state index in [1.807, 2.05) is 0 Å². The van der Waals surface area contributed by atoms with Crippen LogP contribution in [0, 0.1) is 0 Å². The standard InChI is InChI=1S/C9H22OSi/c1-6-9(4)10-11(5,7-2)8-3/h9H,6-8H2,1-5H3. The maximum absolute atomic E-state index is 6.02. The predicted octanol–water partition coefficient (Wildman–Crippen LogP) is 3.42. The smallest absolute Gasteiger partial charge is 0.189 e. The van der Waals surface area contributed by atoms with Crippen molar-refractivity contribution in [3.63, 3.8) is 0 Å². The second-order valence-corrected chi connectivity index (χ2v) is 8.04. The molecule has 0 spiro atoms. The molecule has 0 bridgehead atoms. The summed E-state index contributed by atoms with van der Waals surface area (Å²) in [5.41, 5.74) is 0. The Labute approximate surface area is 72.3 Å². The van der Waals surface area contributed by atoms with Crippen molar-refractivity contribution < 1.29 is 4.43 Å². The summed E-state index contributed by atoms with van der Waals surface area (Å²) in [6.07, 6.45) is 1.61. The molecule has 0 N–H and O–H groups in total. The van der Waals surface area contributed by atoms with Gasteiger partial charge in [0.1, 0.15) is 0 Å². The van der Waals surface area contributed by atoms with Crippen LogP contribution in [-0.4, -0.2) is 14.4 Å². The van der Waals surface area contributed by atoms with Gasteiger partial charge in [0.05, 0.1) is 0 Å². The highest BCUT2D eigenvalue weighted by molar-refractivity contribution is 6.72. The molecule has 0 saturated carbocycles. The van der Waals surface area contributed by atoms with Crippen molar-refractivity contribution in [3.05, 3.63) is 0 Å². The lowest BCUT2D eigenvalue weighted by molar-refractivity contribution is 0.204. The molecule has 0 aromatic rings. The Bertz CT molecular complexity index is 99.7. The molecule has 68 valence electrons. The fourth-order valence-corrected chi connectivity index (χ4v) is 2.96. The molecule has 0 radical (unpaired) electrons. The van der Waals surface area contributed by atoms with E-state index in [9.17, 15) is 0 Å². The molecular weight excluding hydrogens is 152 g/mol. The van der Waals surface area contributed by atoms with Crippen molar-refractivity contribution >= 4 is 8.32 Å². The minimum absolute atomic E-state index is 0.464. The minimum atomic E-state index is -1.28. The van der Waals surface area contributed by atoms with E-state index >= 15 is 0 Å². The van der Waals surface area contributed by atoms with Gasteiger partial charge in [-0.25, -0.2) is 0 Å². The van der Waals surface area contributed by atoms with Gasteiger partial charge in [0.2, 0.25) is 0 Å². The van der Waals surface area contributed by atoms with Crippen LogP contribution in [0.15, 0.2) is 0 Å². The molecular formula is C9H22OSi. The van der Waals surface area contributed by atoms with Crippen molar-refractivity contribution in [2.45, 2.75) is 58.9 Å². The van der Waals surface area contributed by atoms with Crippen molar-refractivity contribution in [2.75, 3.05) is 0 Å². The Balaban J connectivity index is 3.86. The molecule has 1 unspecified atom stereocenters. The predicted molar refractivity (Wildman–Crippen MR) is 53.4 cm³/mol. The second kappa shape index (κ2) is 4.94. The molecule has 2 heteroatoms. The first-order valence-corrected chi connectivity index (χ1v) is 7.58. The van der Waals surface area contributed by atoms with Gasteiger partial charge in [0.25, 0.3) is 0 Å². The Morgan fingerprint density at radius 3 is 1.91 bits per heavy atom. The maximum Gasteiger partial charge on any atom is 0.189 e. The minimum Gasteiger partial charge on any atom is -0.415 e. The SMILES string of the molecule is CCC(C)O[Si](C)(CC)CC. The summed E-state index contributed by atoms with van der Waals surface area (Å²) in [5, 5.41) is 0. The number of rotatable bonds is 5. The average molecular weight is 174 g/mol. The van der Waals surface area contributed by atoms with E-state index in [-0.39, 0.29) is 0 Å². The summed E-state index contributed by atoms with van der Waals surface area (Å²) >= 11 is 0. The summed E-state index contributed by atoms with van der Waals surface area (Å²) < 4.78 is 6.02. The summed E-state index contributed by atoms with van der Waals surface area (Å²) in [6.45, 7) is 11.2. The molecule has 0 aromatic carbocycles. The molecule has 1 atom stereocenters. The van der Waals surface area contributed by atoms with Crippen LogP contribution in [0.4, 0.5) is 0 Å². The van der Waals surface area contributed by atoms with Gasteiger partial charge in [-0.05, 0) is 32.0 Å². The van der Waals surface area contributed by atoms with Gasteiger partial charge in [-0.2, -0.15) is 0 Å². The van der Waals surface area contributed by atoms with Gasteiger partial charge >= 0.3 is 0 Å². The zero-order valence-corrected chi connectivity index (χ0v) is 9.61. The average Bonchev–Trinajstić information content (AvgIpc) is 2.04. The van der Waals surface area contributed by atoms with Crippen LogP contribution >= 0.6 is 0 Å². The highest BCUT2D eigenvalue weighted by Crippen LogP contribution is 2.18. The largest absolute Gasteiger partial charge is 0.415 e. The second-order valence-electron chi connectivity index (χ2n) is 3.49. The summed E-state index contributed by atoms with van der Waals surface area (Å²) in [6, 6.07) is 2.49. The van der Waals surface area contributed by atoms with E-state index in [1.165, 1.54) is 12.1 Å². The molecule has 0 aromatic heterocycles. The summed E-state index contributed by atoms with van der Waals surface area (Å²) in [7, 11) is -1.28. The summed E-state index contributed by atoms with van der Waals surface area (Å²) in [5.74, 6) is 0. The fraction of sp³-hybridized carbons (Fsp3) is 1.00. The number of hydrogen-bond acceptors (Lipinski definition) is 1. The van der Waals surface area contributed by atoms with E-state index in [0.717, 1.165) is 6.42 Å². The van der Waals surface area contributed by atoms with E-state index in [0.29, 0.717) is 6.10 Å². The van der Waals surface area contributed by atoms with Crippen molar-refractivity contribution in [1.82, 2.24) is 0 Å². The van der Waals surface area contributed by atoms with Crippen molar-refractivity contribution in [3.8, 4) is 0 Å². The third-order valence-electron chi connectivity index (χ3n) is 2.56. The van der Waals surface area contributed by atoms with Crippen molar-refractivity contribution in [1.29, 1.82) is 0 Å². The van der Waals surface area contributed by atoms with Crippen LogP contribution in [0.5, 0.6) is 0 Å². The van der Waals surface area contributed by atoms with Gasteiger partial charge < -0.3 is 4.43 Å². The van der Waals surface area contributed by atoms with Crippen LogP contribution in [0.25, 0.3) is 0 Å². The third kappa shape index (κ3) is 3.92. The van der Waals surface area contributed by atoms with E-state index in [1.54, 1.807) is 0 Å². The zero-order valence-electron chi connectivity index (χ0n) is 8.61. The normalized spacial score (nSPS) is 15.0. The summed E-state index contributed by atoms with van der Waals surface area (Å²) in [4.78, 5) is 0. The molecule has 0 aliphatic carbocycles. The monoisotopic (exact) mass is 174 g/mol. The topological polar surface area (TPSA) is 9.23 Å². The van der Waals surface area contributed by atoms with Crippen LogP contribution in [0.2, 0.25) is 18.6 Å². The van der Waals surface area contributed by atoms with E-state index in [2.05, 4.69) is 34.2 Å². The third-order valence-corrected chi connectivity index (χ3v) is 6.52. The lowest BCUT2D eigenvalue weighted by Crippen LogP contribution is -2.35. The number of hydrogen-bond donors (Lipinski definition) is 0. The maximum atomic E-state index is 6.02. The molecule has 0 amide bonds. The molecule has 0 rings (SSSR count). The lowest BCUT2D eigenvalue weighted by Gasteiger charge is -2.28. The quantitative estimate of drug-likeness (QED) is 0.580. The molecule has 0 fully saturated rings. The van der Waals surface area contributed by atoms with Gasteiger partial charge in [-0.3, -0.25) is 0 Å². The van der Waals surface area contributed by atoms with Gasteiger partial charge in [-0.15, -0.1) is 0 Å². The van der Waals surface area contributed by atoms with Crippen LogP contribution in [-0.2, 0) is 4.43 Å². The molecule has 1 nitrogen and oxygen atoms in total. The molecule has 0 saturated heterocycles. The van der Waals surface area contributed by atoms with E-state index in [4.69, 9.17) is 4.43 Å². The molecule has 0 aliphatic heterocycles. The molecule has 0 heterocycles. The zero-order chi connectivity index (χ0) is 8.91. The molecule has 0 aliphatic rings. The Hall–Kier alpha value is 0.177. The Kier molecular flexibility index (Phi) is 5.02. The fourth-order valence-electron chi connectivity index (χ4n) is 0.986. The van der Waals surface area contributed by atoms with Crippen molar-refractivity contribution in [2.24, 2.45) is 0 Å². The van der Waals surface area contributed by atoms with Gasteiger partial charge in [0.15, 0.2) is 8.32 Å². The first kappa shape index (κ1) is 11.2. The Morgan fingerprint density at radius 2 is 1.64 bits per heavy atom. The van der Waals surface area contributed by atoms with E-state index < -0.39 is 8.32 Å². The van der Waals surface area contributed by atoms with Crippen LogP contribution in [0.3, 0.4) is 0 Å². The van der Waals surface area contributed by atoms with Gasteiger partial charge in [-0.1, -0.05) is 20.8 Å². The first-order chi connectivity index (χ1) is 5.08. The Morgan fingerprint density at radius 1 is 1.18 bits per heavy atom. The van der Waals surface area contributed by atoms with Crippen LogP contribution < -0.4 is 0 Å². The highest BCUT2D eigenvalue weighted by Gasteiger charge is 2.25. The van der Waals surface area contributed by atoms with Crippen LogP contribution in [0.1, 0.15) is 34.1 Å². The molecule has 11 heavy (non-hydrogen) atoms. The van der Waals surface area contributed by atoms with Gasteiger partial charge in [0, 0.05) is 6.10 Å². The first-order valence-electron chi connectivity index (χ1n) is 4.75.